The van der Waals surface area contributed by atoms with Crippen LogP contribution in [0, 0.1) is 0 Å². The van der Waals surface area contributed by atoms with Crippen molar-refractivity contribution in [2.75, 3.05) is 17.6 Å². The summed E-state index contributed by atoms with van der Waals surface area (Å²) in [6.07, 6.45) is 0.316. The van der Waals surface area contributed by atoms with Crippen molar-refractivity contribution >= 4 is 15.7 Å². The molecule has 9 heteroatoms. The highest BCUT2D eigenvalue weighted by Gasteiger charge is 2.17. The zero-order chi connectivity index (χ0) is 16.2. The van der Waals surface area contributed by atoms with Gasteiger partial charge in [0.25, 0.3) is 0 Å². The predicted molar refractivity (Wildman–Crippen MR) is 82.7 cm³/mol. The molecule has 0 spiro atoms. The Hall–Kier alpha value is -2.00. The Kier molecular flexibility index (Phi) is 5.09. The number of ether oxygens (including phenoxy) is 1. The van der Waals surface area contributed by atoms with Crippen molar-refractivity contribution in [3.05, 3.63) is 24.3 Å². The topological polar surface area (TPSA) is 99.0 Å². The van der Waals surface area contributed by atoms with E-state index >= 15 is 0 Å². The van der Waals surface area contributed by atoms with Crippen LogP contribution in [0.15, 0.2) is 24.3 Å². The van der Waals surface area contributed by atoms with Crippen molar-refractivity contribution in [1.29, 1.82) is 0 Å². The second kappa shape index (κ2) is 6.84. The molecule has 1 heterocycles. The summed E-state index contributed by atoms with van der Waals surface area (Å²) >= 11 is 0. The fourth-order valence-electron chi connectivity index (χ4n) is 1.98. The number of hydrogen-bond donors (Lipinski definition) is 1. The SMILES string of the molecule is CCC(CS(=O)(=O)Nc1ccc(-c2nnnn2C)cc1)OC. The zero-order valence-corrected chi connectivity index (χ0v) is 13.5. The number of aromatic nitrogens is 4. The molecule has 1 aromatic heterocycles. The first-order valence-corrected chi connectivity index (χ1v) is 8.46. The normalized spacial score (nSPS) is 13.0. The predicted octanol–water partition coefficient (Wildman–Crippen LogP) is 1.04. The van der Waals surface area contributed by atoms with Crippen LogP contribution in [0.3, 0.4) is 0 Å². The molecule has 1 aromatic carbocycles. The van der Waals surface area contributed by atoms with E-state index in [1.54, 1.807) is 36.0 Å². The lowest BCUT2D eigenvalue weighted by atomic mass is 10.2. The molecule has 0 bridgehead atoms. The van der Waals surface area contributed by atoms with Crippen molar-refractivity contribution < 1.29 is 13.2 Å². The van der Waals surface area contributed by atoms with E-state index in [1.807, 2.05) is 6.92 Å². The van der Waals surface area contributed by atoms with Gasteiger partial charge in [0.1, 0.15) is 0 Å². The highest BCUT2D eigenvalue weighted by molar-refractivity contribution is 7.92. The van der Waals surface area contributed by atoms with Crippen LogP contribution in [-0.2, 0) is 21.8 Å². The lowest BCUT2D eigenvalue weighted by Crippen LogP contribution is -2.27. The van der Waals surface area contributed by atoms with E-state index in [4.69, 9.17) is 4.74 Å². The molecule has 0 aliphatic rings. The number of hydrogen-bond acceptors (Lipinski definition) is 6. The molecule has 0 saturated carbocycles. The van der Waals surface area contributed by atoms with Gasteiger partial charge in [0.2, 0.25) is 10.0 Å². The van der Waals surface area contributed by atoms with Crippen molar-refractivity contribution in [3.63, 3.8) is 0 Å². The Balaban J connectivity index is 2.10. The van der Waals surface area contributed by atoms with Crippen LogP contribution < -0.4 is 4.72 Å². The van der Waals surface area contributed by atoms with Gasteiger partial charge in [0, 0.05) is 25.4 Å². The third-order valence-electron chi connectivity index (χ3n) is 3.23. The number of rotatable bonds is 7. The summed E-state index contributed by atoms with van der Waals surface area (Å²) < 4.78 is 33.3. The van der Waals surface area contributed by atoms with E-state index in [9.17, 15) is 8.42 Å². The van der Waals surface area contributed by atoms with E-state index < -0.39 is 10.0 Å². The molecule has 0 radical (unpaired) electrons. The fraction of sp³-hybridized carbons (Fsp3) is 0.462. The van der Waals surface area contributed by atoms with E-state index in [1.165, 1.54) is 7.11 Å². The highest BCUT2D eigenvalue weighted by atomic mass is 32.2. The lowest BCUT2D eigenvalue weighted by Gasteiger charge is -2.14. The minimum Gasteiger partial charge on any atom is -0.380 e. The van der Waals surface area contributed by atoms with Crippen LogP contribution in [0.5, 0.6) is 0 Å². The minimum absolute atomic E-state index is 0.0744. The number of nitrogens with one attached hydrogen (secondary N) is 1. The van der Waals surface area contributed by atoms with Gasteiger partial charge in [-0.1, -0.05) is 6.92 Å². The summed E-state index contributed by atoms with van der Waals surface area (Å²) in [5, 5.41) is 11.2. The first-order valence-electron chi connectivity index (χ1n) is 6.81. The zero-order valence-electron chi connectivity index (χ0n) is 12.7. The van der Waals surface area contributed by atoms with Crippen molar-refractivity contribution in [1.82, 2.24) is 20.2 Å². The fourth-order valence-corrected chi connectivity index (χ4v) is 3.42. The molecule has 1 unspecified atom stereocenters. The summed E-state index contributed by atoms with van der Waals surface area (Å²) in [4.78, 5) is 0. The Bertz CT molecular complexity index is 708. The quantitative estimate of drug-likeness (QED) is 0.816. The molecule has 0 fully saturated rings. The maximum absolute atomic E-state index is 12.1. The van der Waals surface area contributed by atoms with Gasteiger partial charge in [-0.3, -0.25) is 4.72 Å². The van der Waals surface area contributed by atoms with E-state index in [0.29, 0.717) is 17.9 Å². The number of nitrogens with zero attached hydrogens (tertiary/aromatic N) is 4. The van der Waals surface area contributed by atoms with Crippen LogP contribution >= 0.6 is 0 Å². The Morgan fingerprint density at radius 2 is 2.00 bits per heavy atom. The number of sulfonamides is 1. The molecule has 2 aromatic rings. The van der Waals surface area contributed by atoms with Crippen LogP contribution in [0.25, 0.3) is 11.4 Å². The molecule has 0 aliphatic carbocycles. The van der Waals surface area contributed by atoms with E-state index in [0.717, 1.165) is 5.56 Å². The molecule has 120 valence electrons. The second-order valence-electron chi connectivity index (χ2n) is 4.85. The second-order valence-corrected chi connectivity index (χ2v) is 6.62. The molecule has 0 amide bonds. The van der Waals surface area contributed by atoms with Gasteiger partial charge in [0.15, 0.2) is 5.82 Å². The van der Waals surface area contributed by atoms with Gasteiger partial charge in [-0.25, -0.2) is 13.1 Å². The van der Waals surface area contributed by atoms with Crippen LogP contribution in [0.2, 0.25) is 0 Å². The Labute approximate surface area is 129 Å². The highest BCUT2D eigenvalue weighted by Crippen LogP contribution is 2.19. The van der Waals surface area contributed by atoms with Gasteiger partial charge in [-0.15, -0.1) is 5.10 Å². The smallest absolute Gasteiger partial charge is 0.235 e. The molecule has 2 rings (SSSR count). The van der Waals surface area contributed by atoms with Gasteiger partial charge < -0.3 is 4.74 Å². The molecule has 22 heavy (non-hydrogen) atoms. The van der Waals surface area contributed by atoms with Crippen molar-refractivity contribution in [2.24, 2.45) is 7.05 Å². The average Bonchev–Trinajstić information content (AvgIpc) is 2.91. The van der Waals surface area contributed by atoms with Gasteiger partial charge >= 0.3 is 0 Å². The number of anilines is 1. The van der Waals surface area contributed by atoms with Crippen LogP contribution in [0.1, 0.15) is 13.3 Å². The number of tetrazole rings is 1. The largest absolute Gasteiger partial charge is 0.380 e. The van der Waals surface area contributed by atoms with Gasteiger partial charge in [-0.2, -0.15) is 0 Å². The molecule has 0 aliphatic heterocycles. The van der Waals surface area contributed by atoms with E-state index in [-0.39, 0.29) is 11.9 Å². The minimum atomic E-state index is -3.45. The first-order chi connectivity index (χ1) is 10.4. The average molecular weight is 325 g/mol. The summed E-state index contributed by atoms with van der Waals surface area (Å²) in [6.45, 7) is 1.88. The van der Waals surface area contributed by atoms with Crippen LogP contribution in [0.4, 0.5) is 5.69 Å². The monoisotopic (exact) mass is 325 g/mol. The number of benzene rings is 1. The molecule has 0 saturated heterocycles. The first kappa shape index (κ1) is 16.4. The molecular weight excluding hydrogens is 306 g/mol. The molecule has 1 N–H and O–H groups in total. The maximum atomic E-state index is 12.1. The Morgan fingerprint density at radius 3 is 2.50 bits per heavy atom. The Morgan fingerprint density at radius 1 is 1.32 bits per heavy atom. The summed E-state index contributed by atoms with van der Waals surface area (Å²) in [7, 11) is -0.208. The van der Waals surface area contributed by atoms with Crippen molar-refractivity contribution in [3.8, 4) is 11.4 Å². The molecule has 1 atom stereocenters. The summed E-state index contributed by atoms with van der Waals surface area (Å²) in [6, 6.07) is 6.87. The van der Waals surface area contributed by atoms with Crippen LogP contribution in [-0.4, -0.2) is 47.6 Å². The molecular formula is C13H19N5O3S. The number of methoxy groups -OCH3 is 1. The maximum Gasteiger partial charge on any atom is 0.235 e. The summed E-state index contributed by atoms with van der Waals surface area (Å²) in [5.74, 6) is 0.537. The van der Waals surface area contributed by atoms with Crippen molar-refractivity contribution in [2.45, 2.75) is 19.4 Å². The standard InChI is InChI=1S/C13H19N5O3S/c1-4-12(21-3)9-22(19,20)15-11-7-5-10(6-8-11)13-14-16-17-18(13)2/h5-8,12,15H,4,9H2,1-3H3. The lowest BCUT2D eigenvalue weighted by molar-refractivity contribution is 0.117. The third-order valence-corrected chi connectivity index (χ3v) is 4.59. The van der Waals surface area contributed by atoms with Gasteiger partial charge in [-0.05, 0) is 41.1 Å². The third kappa shape index (κ3) is 4.01. The van der Waals surface area contributed by atoms with Gasteiger partial charge in [0.05, 0.1) is 11.9 Å². The number of aryl methyl sites for hydroxylation is 1. The van der Waals surface area contributed by atoms with E-state index in [2.05, 4.69) is 20.2 Å². The summed E-state index contributed by atoms with van der Waals surface area (Å²) in [5.41, 5.74) is 1.30. The molecule has 8 nitrogen and oxygen atoms in total.